The Morgan fingerprint density at radius 3 is 2.33 bits per heavy atom. The van der Waals surface area contributed by atoms with E-state index in [1.165, 1.54) is 11.0 Å². The van der Waals surface area contributed by atoms with Crippen LogP contribution in [0.1, 0.15) is 26.3 Å². The first kappa shape index (κ1) is 17.4. The second-order valence-electron chi connectivity index (χ2n) is 5.88. The highest BCUT2D eigenvalue weighted by Gasteiger charge is 2.16. The van der Waals surface area contributed by atoms with E-state index in [0.29, 0.717) is 0 Å². The number of carbonyl (C=O) groups excluding carboxylic acids is 2. The molecule has 2 amide bonds. The highest BCUT2D eigenvalue weighted by atomic mass is 79.9. The zero-order valence-electron chi connectivity index (χ0n) is 12.8. The van der Waals surface area contributed by atoms with Crippen LogP contribution >= 0.6 is 15.9 Å². The third-order valence-electron chi connectivity index (χ3n) is 2.56. The lowest BCUT2D eigenvalue weighted by Crippen LogP contribution is -2.46. The summed E-state index contributed by atoms with van der Waals surface area (Å²) in [5.41, 5.74) is 0.632. The Kier molecular flexibility index (Phi) is 6.15. The minimum absolute atomic E-state index is 0.0424. The van der Waals surface area contributed by atoms with Gasteiger partial charge in [0.1, 0.15) is 0 Å². The summed E-state index contributed by atoms with van der Waals surface area (Å²) in [6.07, 6.45) is 3.19. The van der Waals surface area contributed by atoms with Gasteiger partial charge in [-0.1, -0.05) is 28.1 Å². The van der Waals surface area contributed by atoms with Gasteiger partial charge in [0.05, 0.1) is 6.54 Å². The van der Waals surface area contributed by atoms with Crippen molar-refractivity contribution >= 4 is 33.8 Å². The maximum atomic E-state index is 11.9. The summed E-state index contributed by atoms with van der Waals surface area (Å²) in [7, 11) is 1.61. The monoisotopic (exact) mass is 352 g/mol. The number of carbonyl (C=O) groups is 2. The van der Waals surface area contributed by atoms with E-state index >= 15 is 0 Å². The summed E-state index contributed by atoms with van der Waals surface area (Å²) in [4.78, 5) is 25.1. The Labute approximate surface area is 134 Å². The van der Waals surface area contributed by atoms with Gasteiger partial charge in [-0.15, -0.1) is 0 Å². The van der Waals surface area contributed by atoms with E-state index in [1.807, 2.05) is 45.0 Å². The summed E-state index contributed by atoms with van der Waals surface area (Å²) in [6, 6.07) is 7.62. The van der Waals surface area contributed by atoms with Gasteiger partial charge in [0.2, 0.25) is 11.8 Å². The molecular formula is C16H21BrN2O2. The molecule has 4 nitrogen and oxygen atoms in total. The Morgan fingerprint density at radius 1 is 1.24 bits per heavy atom. The maximum absolute atomic E-state index is 11.9. The fourth-order valence-electron chi connectivity index (χ4n) is 1.62. The smallest absolute Gasteiger partial charge is 0.246 e. The molecule has 0 aliphatic heterocycles. The summed E-state index contributed by atoms with van der Waals surface area (Å²) in [5, 5.41) is 2.82. The average molecular weight is 353 g/mol. The van der Waals surface area contributed by atoms with Crippen molar-refractivity contribution in [3.8, 4) is 0 Å². The van der Waals surface area contributed by atoms with Gasteiger partial charge in [-0.3, -0.25) is 9.59 Å². The van der Waals surface area contributed by atoms with Crippen molar-refractivity contribution in [2.45, 2.75) is 26.3 Å². The molecule has 0 saturated carbocycles. The average Bonchev–Trinajstić information content (AvgIpc) is 2.35. The fraction of sp³-hybridized carbons (Fsp3) is 0.375. The largest absolute Gasteiger partial charge is 0.350 e. The molecule has 0 atom stereocenters. The molecule has 0 saturated heterocycles. The van der Waals surface area contributed by atoms with Crippen LogP contribution in [-0.2, 0) is 9.59 Å². The molecule has 114 valence electrons. The second-order valence-corrected chi connectivity index (χ2v) is 6.79. The molecule has 0 bridgehead atoms. The zero-order valence-corrected chi connectivity index (χ0v) is 14.4. The molecule has 0 aliphatic rings. The molecular weight excluding hydrogens is 332 g/mol. The van der Waals surface area contributed by atoms with Crippen LogP contribution in [0.5, 0.6) is 0 Å². The van der Waals surface area contributed by atoms with Crippen LogP contribution in [0.25, 0.3) is 6.08 Å². The number of rotatable bonds is 4. The van der Waals surface area contributed by atoms with E-state index in [1.54, 1.807) is 13.1 Å². The minimum atomic E-state index is -0.297. The summed E-state index contributed by atoms with van der Waals surface area (Å²) < 4.78 is 0.988. The van der Waals surface area contributed by atoms with Gasteiger partial charge in [-0.2, -0.15) is 0 Å². The van der Waals surface area contributed by atoms with Crippen LogP contribution in [-0.4, -0.2) is 35.8 Å². The lowest BCUT2D eigenvalue weighted by molar-refractivity contribution is -0.131. The molecule has 0 unspecified atom stereocenters. The number of nitrogens with zero attached hydrogens (tertiary/aromatic N) is 1. The van der Waals surface area contributed by atoms with E-state index in [-0.39, 0.29) is 23.9 Å². The highest BCUT2D eigenvalue weighted by molar-refractivity contribution is 9.10. The quantitative estimate of drug-likeness (QED) is 0.847. The molecule has 0 heterocycles. The first-order valence-electron chi connectivity index (χ1n) is 6.67. The van der Waals surface area contributed by atoms with Crippen LogP contribution < -0.4 is 5.32 Å². The fourth-order valence-corrected chi connectivity index (χ4v) is 1.88. The lowest BCUT2D eigenvalue weighted by Gasteiger charge is -2.22. The Bertz CT molecular complexity index is 530. The first-order chi connectivity index (χ1) is 9.67. The normalized spacial score (nSPS) is 11.5. The van der Waals surface area contributed by atoms with Crippen LogP contribution in [0.2, 0.25) is 0 Å². The summed E-state index contributed by atoms with van der Waals surface area (Å²) >= 11 is 3.36. The third-order valence-corrected chi connectivity index (χ3v) is 3.09. The Hall–Kier alpha value is -1.62. The topological polar surface area (TPSA) is 49.4 Å². The highest BCUT2D eigenvalue weighted by Crippen LogP contribution is 2.11. The number of amides is 2. The van der Waals surface area contributed by atoms with E-state index < -0.39 is 0 Å². The van der Waals surface area contributed by atoms with Crippen molar-refractivity contribution in [2.24, 2.45) is 0 Å². The standard InChI is InChI=1S/C16H21BrN2O2/c1-16(2,3)18-14(20)11-19(4)15(21)10-7-12-5-8-13(17)9-6-12/h5-10H,11H2,1-4H3,(H,18,20). The van der Waals surface area contributed by atoms with Crippen molar-refractivity contribution in [2.75, 3.05) is 13.6 Å². The van der Waals surface area contributed by atoms with Crippen molar-refractivity contribution in [3.63, 3.8) is 0 Å². The predicted molar refractivity (Wildman–Crippen MR) is 88.7 cm³/mol. The molecule has 1 N–H and O–H groups in total. The van der Waals surface area contributed by atoms with Crippen LogP contribution in [0.15, 0.2) is 34.8 Å². The molecule has 0 radical (unpaired) electrons. The number of hydrogen-bond acceptors (Lipinski definition) is 2. The maximum Gasteiger partial charge on any atom is 0.246 e. The molecule has 5 heteroatoms. The molecule has 1 aromatic rings. The van der Waals surface area contributed by atoms with Crippen molar-refractivity contribution in [1.29, 1.82) is 0 Å². The third kappa shape index (κ3) is 7.09. The molecule has 0 aliphatic carbocycles. The molecule has 1 aromatic carbocycles. The Morgan fingerprint density at radius 2 is 1.81 bits per heavy atom. The van der Waals surface area contributed by atoms with Gasteiger partial charge in [0.25, 0.3) is 0 Å². The van der Waals surface area contributed by atoms with Gasteiger partial charge in [0.15, 0.2) is 0 Å². The van der Waals surface area contributed by atoms with Gasteiger partial charge in [0, 0.05) is 23.1 Å². The van der Waals surface area contributed by atoms with Gasteiger partial charge in [-0.25, -0.2) is 0 Å². The summed E-state index contributed by atoms with van der Waals surface area (Å²) in [5.74, 6) is -0.377. The van der Waals surface area contributed by atoms with Gasteiger partial charge >= 0.3 is 0 Å². The molecule has 0 fully saturated rings. The SMILES string of the molecule is CN(CC(=O)NC(C)(C)C)C(=O)C=Cc1ccc(Br)cc1. The van der Waals surface area contributed by atoms with E-state index in [4.69, 9.17) is 0 Å². The van der Waals surface area contributed by atoms with E-state index in [9.17, 15) is 9.59 Å². The first-order valence-corrected chi connectivity index (χ1v) is 7.46. The molecule has 0 spiro atoms. The molecule has 1 rings (SSSR count). The number of likely N-dealkylation sites (N-methyl/N-ethyl adjacent to an activating group) is 1. The lowest BCUT2D eigenvalue weighted by atomic mass is 10.1. The van der Waals surface area contributed by atoms with Crippen LogP contribution in [0.3, 0.4) is 0 Å². The van der Waals surface area contributed by atoms with Crippen molar-refractivity contribution in [1.82, 2.24) is 10.2 Å². The second kappa shape index (κ2) is 7.41. The number of benzene rings is 1. The van der Waals surface area contributed by atoms with Crippen molar-refractivity contribution in [3.05, 3.63) is 40.4 Å². The number of nitrogens with one attached hydrogen (secondary N) is 1. The van der Waals surface area contributed by atoms with Crippen LogP contribution in [0, 0.1) is 0 Å². The molecule has 21 heavy (non-hydrogen) atoms. The minimum Gasteiger partial charge on any atom is -0.350 e. The predicted octanol–water partition coefficient (Wildman–Crippen LogP) is 2.84. The van der Waals surface area contributed by atoms with Gasteiger partial charge in [-0.05, 0) is 44.5 Å². The Balaban J connectivity index is 2.54. The van der Waals surface area contributed by atoms with Crippen LogP contribution in [0.4, 0.5) is 0 Å². The molecule has 0 aromatic heterocycles. The van der Waals surface area contributed by atoms with Crippen molar-refractivity contribution < 1.29 is 9.59 Å². The number of hydrogen-bond donors (Lipinski definition) is 1. The number of halogens is 1. The zero-order chi connectivity index (χ0) is 16.0. The summed E-state index contributed by atoms with van der Waals surface area (Å²) in [6.45, 7) is 5.75. The van der Waals surface area contributed by atoms with E-state index in [0.717, 1.165) is 10.0 Å². The van der Waals surface area contributed by atoms with Gasteiger partial charge < -0.3 is 10.2 Å². The van der Waals surface area contributed by atoms with E-state index in [2.05, 4.69) is 21.2 Å².